The second-order valence-corrected chi connectivity index (χ2v) is 6.48. The summed E-state index contributed by atoms with van der Waals surface area (Å²) >= 11 is 17.7. The third kappa shape index (κ3) is 3.82. The van der Waals surface area contributed by atoms with Crippen molar-refractivity contribution in [2.45, 2.75) is 11.7 Å². The van der Waals surface area contributed by atoms with Gasteiger partial charge in [0.15, 0.2) is 0 Å². The molecule has 8 heteroatoms. The van der Waals surface area contributed by atoms with Gasteiger partial charge in [-0.2, -0.15) is 0 Å². The van der Waals surface area contributed by atoms with Gasteiger partial charge in [-0.3, -0.25) is 9.59 Å². The molecule has 1 aliphatic rings. The normalized spacial score (nSPS) is 18.3. The SMILES string of the molecule is O=C(C[C@H]1SC(=S)NC1=O)Nc1ccc(Cl)cc1Cl. The predicted octanol–water partition coefficient (Wildman–Crippen LogP) is 2.84. The third-order valence-electron chi connectivity index (χ3n) is 2.34. The Morgan fingerprint density at radius 1 is 1.47 bits per heavy atom. The molecular formula is C11H8Cl2N2O2S2. The first-order valence-corrected chi connectivity index (χ1v) is 7.26. The van der Waals surface area contributed by atoms with Crippen molar-refractivity contribution >= 4 is 69.0 Å². The van der Waals surface area contributed by atoms with Gasteiger partial charge in [-0.15, -0.1) is 0 Å². The number of anilines is 1. The molecule has 2 rings (SSSR count). The van der Waals surface area contributed by atoms with Crippen molar-refractivity contribution in [3.05, 3.63) is 28.2 Å². The van der Waals surface area contributed by atoms with Crippen molar-refractivity contribution in [3.63, 3.8) is 0 Å². The molecule has 4 nitrogen and oxygen atoms in total. The molecule has 1 aromatic rings. The topological polar surface area (TPSA) is 58.2 Å². The van der Waals surface area contributed by atoms with Gasteiger partial charge in [0.1, 0.15) is 4.32 Å². The highest BCUT2D eigenvalue weighted by molar-refractivity contribution is 8.24. The minimum Gasteiger partial charge on any atom is -0.325 e. The number of carbonyl (C=O) groups is 2. The highest BCUT2D eigenvalue weighted by Gasteiger charge is 2.31. The first kappa shape index (κ1) is 14.6. The summed E-state index contributed by atoms with van der Waals surface area (Å²) in [5, 5.41) is 5.47. The van der Waals surface area contributed by atoms with E-state index in [1.807, 2.05) is 0 Å². The number of thiocarbonyl (C=S) groups is 1. The molecule has 1 aromatic carbocycles. The van der Waals surface area contributed by atoms with Crippen LogP contribution in [0, 0.1) is 0 Å². The molecule has 1 atom stereocenters. The fraction of sp³-hybridized carbons (Fsp3) is 0.182. The van der Waals surface area contributed by atoms with E-state index in [0.717, 1.165) is 0 Å². The van der Waals surface area contributed by atoms with Crippen LogP contribution in [0.4, 0.5) is 5.69 Å². The standard InChI is InChI=1S/C11H8Cl2N2O2S2/c12-5-1-2-7(6(13)3-5)14-9(16)4-8-10(17)15-11(18)19-8/h1-3,8H,4H2,(H,14,16)(H,15,17,18)/t8-/m1/s1. The first-order valence-electron chi connectivity index (χ1n) is 5.22. The fourth-order valence-corrected chi connectivity index (χ4v) is 3.21. The lowest BCUT2D eigenvalue weighted by Crippen LogP contribution is -2.27. The number of rotatable bonds is 3. The van der Waals surface area contributed by atoms with Gasteiger partial charge in [-0.1, -0.05) is 47.2 Å². The van der Waals surface area contributed by atoms with Crippen molar-refractivity contribution in [1.82, 2.24) is 5.32 Å². The number of nitrogens with one attached hydrogen (secondary N) is 2. The molecule has 1 saturated heterocycles. The van der Waals surface area contributed by atoms with Gasteiger partial charge >= 0.3 is 0 Å². The van der Waals surface area contributed by atoms with E-state index in [9.17, 15) is 9.59 Å². The Morgan fingerprint density at radius 3 is 2.79 bits per heavy atom. The monoisotopic (exact) mass is 334 g/mol. The Balaban J connectivity index is 1.98. The molecule has 1 heterocycles. The average Bonchev–Trinajstić information content (AvgIpc) is 2.61. The molecule has 2 amide bonds. The van der Waals surface area contributed by atoms with Crippen LogP contribution in [-0.2, 0) is 9.59 Å². The van der Waals surface area contributed by atoms with Crippen LogP contribution in [0.25, 0.3) is 0 Å². The number of benzene rings is 1. The molecule has 0 aromatic heterocycles. The molecule has 0 aliphatic carbocycles. The van der Waals surface area contributed by atoms with Crippen LogP contribution in [0.5, 0.6) is 0 Å². The molecule has 2 N–H and O–H groups in total. The van der Waals surface area contributed by atoms with Crippen LogP contribution in [0.15, 0.2) is 18.2 Å². The third-order valence-corrected chi connectivity index (χ3v) is 4.26. The molecule has 0 bridgehead atoms. The lowest BCUT2D eigenvalue weighted by atomic mass is 10.2. The molecule has 1 aliphatic heterocycles. The summed E-state index contributed by atoms with van der Waals surface area (Å²) in [4.78, 5) is 23.3. The van der Waals surface area contributed by atoms with E-state index >= 15 is 0 Å². The number of halogens is 2. The van der Waals surface area contributed by atoms with Crippen molar-refractivity contribution in [3.8, 4) is 0 Å². The Bertz CT molecular complexity index is 566. The van der Waals surface area contributed by atoms with E-state index in [0.29, 0.717) is 20.1 Å². The smallest absolute Gasteiger partial charge is 0.239 e. The van der Waals surface area contributed by atoms with Crippen LogP contribution in [0.1, 0.15) is 6.42 Å². The number of hydrogen-bond donors (Lipinski definition) is 2. The Morgan fingerprint density at radius 2 is 2.21 bits per heavy atom. The van der Waals surface area contributed by atoms with Gasteiger partial charge in [0.25, 0.3) is 0 Å². The van der Waals surface area contributed by atoms with Crippen LogP contribution in [0.3, 0.4) is 0 Å². The van der Waals surface area contributed by atoms with Crippen molar-refractivity contribution < 1.29 is 9.59 Å². The molecular weight excluding hydrogens is 327 g/mol. The lowest BCUT2D eigenvalue weighted by Gasteiger charge is -2.09. The summed E-state index contributed by atoms with van der Waals surface area (Å²) in [7, 11) is 0. The Kier molecular flexibility index (Phi) is 4.67. The van der Waals surface area contributed by atoms with Crippen molar-refractivity contribution in [2.75, 3.05) is 5.32 Å². The molecule has 0 radical (unpaired) electrons. The maximum absolute atomic E-state index is 11.8. The summed E-state index contributed by atoms with van der Waals surface area (Å²) < 4.78 is 0.396. The van der Waals surface area contributed by atoms with Gasteiger partial charge in [0.05, 0.1) is 16.0 Å². The number of hydrogen-bond acceptors (Lipinski definition) is 4. The second kappa shape index (κ2) is 6.09. The van der Waals surface area contributed by atoms with E-state index in [-0.39, 0.29) is 18.2 Å². The molecule has 0 spiro atoms. The number of thioether (sulfide) groups is 1. The first-order chi connectivity index (χ1) is 8.95. The van der Waals surface area contributed by atoms with Crippen molar-refractivity contribution in [1.29, 1.82) is 0 Å². The van der Waals surface area contributed by atoms with E-state index in [1.54, 1.807) is 12.1 Å². The van der Waals surface area contributed by atoms with Crippen LogP contribution < -0.4 is 10.6 Å². The predicted molar refractivity (Wildman–Crippen MR) is 81.8 cm³/mol. The summed E-state index contributed by atoms with van der Waals surface area (Å²) in [6.07, 6.45) is 0.0373. The quantitative estimate of drug-likeness (QED) is 0.834. The summed E-state index contributed by atoms with van der Waals surface area (Å²) in [6.45, 7) is 0. The summed E-state index contributed by atoms with van der Waals surface area (Å²) in [6, 6.07) is 4.76. The maximum Gasteiger partial charge on any atom is 0.239 e. The van der Waals surface area contributed by atoms with Crippen LogP contribution in [-0.4, -0.2) is 21.4 Å². The maximum atomic E-state index is 11.8. The van der Waals surface area contributed by atoms with Crippen LogP contribution in [0.2, 0.25) is 10.0 Å². The lowest BCUT2D eigenvalue weighted by molar-refractivity contribution is -0.122. The number of amides is 2. The number of carbonyl (C=O) groups excluding carboxylic acids is 2. The van der Waals surface area contributed by atoms with Gasteiger partial charge < -0.3 is 10.6 Å². The van der Waals surface area contributed by atoms with Crippen LogP contribution >= 0.6 is 47.2 Å². The fourth-order valence-electron chi connectivity index (χ4n) is 1.49. The summed E-state index contributed by atoms with van der Waals surface area (Å²) in [5.41, 5.74) is 0.460. The molecule has 100 valence electrons. The van der Waals surface area contributed by atoms with Crippen molar-refractivity contribution in [2.24, 2.45) is 0 Å². The van der Waals surface area contributed by atoms with Gasteiger partial charge in [-0.25, -0.2) is 0 Å². The van der Waals surface area contributed by atoms with E-state index in [1.165, 1.54) is 17.8 Å². The molecule has 1 fully saturated rings. The van der Waals surface area contributed by atoms with E-state index in [4.69, 9.17) is 35.4 Å². The van der Waals surface area contributed by atoms with Gasteiger partial charge in [-0.05, 0) is 18.2 Å². The molecule has 19 heavy (non-hydrogen) atoms. The minimum atomic E-state index is -0.487. The van der Waals surface area contributed by atoms with E-state index < -0.39 is 5.25 Å². The van der Waals surface area contributed by atoms with E-state index in [2.05, 4.69) is 10.6 Å². The zero-order chi connectivity index (χ0) is 14.0. The Labute approximate surface area is 129 Å². The molecule has 0 unspecified atom stereocenters. The zero-order valence-corrected chi connectivity index (χ0v) is 12.6. The summed E-state index contributed by atoms with van der Waals surface area (Å²) in [5.74, 6) is -0.547. The highest BCUT2D eigenvalue weighted by Crippen LogP contribution is 2.27. The van der Waals surface area contributed by atoms with Gasteiger partial charge in [0.2, 0.25) is 11.8 Å². The van der Waals surface area contributed by atoms with Gasteiger partial charge in [0, 0.05) is 11.4 Å². The minimum absolute atomic E-state index is 0.0373. The average molecular weight is 335 g/mol. The Hall–Kier alpha value is -0.820. The zero-order valence-electron chi connectivity index (χ0n) is 9.41. The molecule has 0 saturated carbocycles. The largest absolute Gasteiger partial charge is 0.325 e. The second-order valence-electron chi connectivity index (χ2n) is 3.76. The highest BCUT2D eigenvalue weighted by atomic mass is 35.5.